The largest absolute Gasteiger partial charge is 0.330 e. The van der Waals surface area contributed by atoms with Crippen LogP contribution in [0.15, 0.2) is 14.3 Å². The average Bonchev–Trinajstić information content (AvgIpc) is 2.73. The molecule has 2 unspecified atom stereocenters. The van der Waals surface area contributed by atoms with Crippen LogP contribution >= 0.6 is 43.2 Å². The first-order valence-electron chi connectivity index (χ1n) is 5.48. The Balaban J connectivity index is 1.99. The van der Waals surface area contributed by atoms with E-state index < -0.39 is 0 Å². The summed E-state index contributed by atoms with van der Waals surface area (Å²) in [7, 11) is 0. The lowest BCUT2D eigenvalue weighted by Gasteiger charge is -2.19. The van der Waals surface area contributed by atoms with Crippen molar-refractivity contribution in [1.29, 1.82) is 0 Å². The predicted octanol–water partition coefficient (Wildman–Crippen LogP) is 3.44. The summed E-state index contributed by atoms with van der Waals surface area (Å²) in [6.45, 7) is 5.31. The molecule has 0 aromatic carbocycles. The monoisotopic (exact) mass is 366 g/mol. The Morgan fingerprint density at radius 2 is 2.31 bits per heavy atom. The van der Waals surface area contributed by atoms with Gasteiger partial charge in [-0.25, -0.2) is 0 Å². The number of hydrogen-bond acceptors (Lipinski definition) is 3. The van der Waals surface area contributed by atoms with Crippen LogP contribution in [-0.2, 0) is 6.54 Å². The number of nitrogens with two attached hydrogens (primary N) is 1. The van der Waals surface area contributed by atoms with Crippen molar-refractivity contribution in [1.82, 2.24) is 4.90 Å². The number of hydrogen-bond donors (Lipinski definition) is 1. The topological polar surface area (TPSA) is 29.3 Å². The lowest BCUT2D eigenvalue weighted by molar-refractivity contribution is 0.258. The third-order valence-corrected chi connectivity index (χ3v) is 6.42. The van der Waals surface area contributed by atoms with Crippen LogP contribution in [0.25, 0.3) is 0 Å². The van der Waals surface area contributed by atoms with Gasteiger partial charge in [0.05, 0.1) is 3.79 Å². The molecule has 2 nitrogen and oxygen atoms in total. The van der Waals surface area contributed by atoms with Gasteiger partial charge in [-0.15, -0.1) is 11.3 Å². The second kappa shape index (κ2) is 5.48. The van der Waals surface area contributed by atoms with Crippen LogP contribution in [0.1, 0.15) is 18.2 Å². The van der Waals surface area contributed by atoms with Gasteiger partial charge in [0.15, 0.2) is 0 Å². The first-order chi connectivity index (χ1) is 7.60. The van der Waals surface area contributed by atoms with E-state index in [1.54, 1.807) is 0 Å². The van der Waals surface area contributed by atoms with Crippen LogP contribution in [0.5, 0.6) is 0 Å². The van der Waals surface area contributed by atoms with Crippen molar-refractivity contribution in [3.8, 4) is 0 Å². The highest BCUT2D eigenvalue weighted by atomic mass is 79.9. The highest BCUT2D eigenvalue weighted by Crippen LogP contribution is 2.34. The molecule has 5 heteroatoms. The van der Waals surface area contributed by atoms with Gasteiger partial charge in [0.25, 0.3) is 0 Å². The van der Waals surface area contributed by atoms with Gasteiger partial charge in [0.2, 0.25) is 0 Å². The third kappa shape index (κ3) is 2.88. The smallest absolute Gasteiger partial charge is 0.0843 e. The fourth-order valence-electron chi connectivity index (χ4n) is 2.28. The van der Waals surface area contributed by atoms with Crippen molar-refractivity contribution in [3.63, 3.8) is 0 Å². The van der Waals surface area contributed by atoms with Crippen LogP contribution in [0, 0.1) is 5.92 Å². The van der Waals surface area contributed by atoms with Crippen LogP contribution in [0.3, 0.4) is 0 Å². The summed E-state index contributed by atoms with van der Waals surface area (Å²) >= 11 is 8.88. The summed E-state index contributed by atoms with van der Waals surface area (Å²) in [6.07, 6.45) is 1.24. The molecule has 0 amide bonds. The maximum atomic E-state index is 5.74. The second-order valence-electron chi connectivity index (χ2n) is 4.45. The quantitative estimate of drug-likeness (QED) is 0.886. The van der Waals surface area contributed by atoms with Gasteiger partial charge in [-0.2, -0.15) is 0 Å². The van der Waals surface area contributed by atoms with Crippen molar-refractivity contribution < 1.29 is 0 Å². The van der Waals surface area contributed by atoms with Gasteiger partial charge in [-0.1, -0.05) is 0 Å². The Hall–Kier alpha value is 0.580. The SMILES string of the molecule is CC1CC(CN)CN1Cc1cc(Br)c(Br)s1. The molecule has 1 fully saturated rings. The minimum atomic E-state index is 0.660. The van der Waals surface area contributed by atoms with Crippen LogP contribution in [0.2, 0.25) is 0 Å². The Kier molecular flexibility index (Phi) is 4.46. The normalized spacial score (nSPS) is 26.5. The minimum absolute atomic E-state index is 0.660. The van der Waals surface area contributed by atoms with Gasteiger partial charge in [0, 0.05) is 28.5 Å². The number of nitrogens with zero attached hydrogens (tertiary/aromatic N) is 1. The molecule has 1 aliphatic heterocycles. The van der Waals surface area contributed by atoms with Gasteiger partial charge in [-0.3, -0.25) is 4.90 Å². The highest BCUT2D eigenvalue weighted by Gasteiger charge is 2.28. The number of likely N-dealkylation sites (tertiary alicyclic amines) is 1. The molecule has 1 aromatic heterocycles. The van der Waals surface area contributed by atoms with E-state index in [2.05, 4.69) is 49.7 Å². The second-order valence-corrected chi connectivity index (χ2v) is 7.76. The first kappa shape index (κ1) is 13.0. The van der Waals surface area contributed by atoms with Gasteiger partial charge in [-0.05, 0) is 63.7 Å². The van der Waals surface area contributed by atoms with Crippen LogP contribution in [0.4, 0.5) is 0 Å². The van der Waals surface area contributed by atoms with E-state index in [1.165, 1.54) is 15.1 Å². The maximum absolute atomic E-state index is 5.74. The summed E-state index contributed by atoms with van der Waals surface area (Å²) in [5, 5.41) is 0. The molecule has 0 spiro atoms. The van der Waals surface area contributed by atoms with Crippen molar-refractivity contribution >= 4 is 43.2 Å². The van der Waals surface area contributed by atoms with E-state index in [0.29, 0.717) is 12.0 Å². The summed E-state index contributed by atoms with van der Waals surface area (Å²) in [5.74, 6) is 0.682. The van der Waals surface area contributed by atoms with Crippen LogP contribution in [-0.4, -0.2) is 24.0 Å². The van der Waals surface area contributed by atoms with E-state index >= 15 is 0 Å². The molecule has 0 saturated carbocycles. The zero-order valence-electron chi connectivity index (χ0n) is 9.25. The molecule has 1 saturated heterocycles. The van der Waals surface area contributed by atoms with Crippen molar-refractivity contribution in [3.05, 3.63) is 19.2 Å². The highest BCUT2D eigenvalue weighted by molar-refractivity contribution is 9.13. The molecule has 2 N–H and O–H groups in total. The Morgan fingerprint density at radius 3 is 2.81 bits per heavy atom. The van der Waals surface area contributed by atoms with E-state index in [1.807, 2.05) is 11.3 Å². The molecular weight excluding hydrogens is 352 g/mol. The zero-order chi connectivity index (χ0) is 11.7. The van der Waals surface area contributed by atoms with Crippen molar-refractivity contribution in [2.75, 3.05) is 13.1 Å². The fraction of sp³-hybridized carbons (Fsp3) is 0.636. The Morgan fingerprint density at radius 1 is 1.56 bits per heavy atom. The standard InChI is InChI=1S/C11H16Br2N2S/c1-7-2-8(4-14)5-15(7)6-9-3-10(12)11(13)16-9/h3,7-8H,2,4-6,14H2,1H3. The summed E-state index contributed by atoms with van der Waals surface area (Å²) < 4.78 is 2.35. The lowest BCUT2D eigenvalue weighted by atomic mass is 10.1. The van der Waals surface area contributed by atoms with Gasteiger partial charge >= 0.3 is 0 Å². The Bertz CT molecular complexity index is 347. The molecule has 2 rings (SSSR count). The minimum Gasteiger partial charge on any atom is -0.330 e. The molecule has 0 aliphatic carbocycles. The molecule has 1 aromatic rings. The molecular formula is C11H16Br2N2S. The molecule has 2 heterocycles. The van der Waals surface area contributed by atoms with Crippen LogP contribution < -0.4 is 5.73 Å². The van der Waals surface area contributed by atoms with Gasteiger partial charge < -0.3 is 5.73 Å². The van der Waals surface area contributed by atoms with E-state index in [4.69, 9.17) is 5.73 Å². The fourth-order valence-corrected chi connectivity index (χ4v) is 4.48. The number of halogens is 2. The zero-order valence-corrected chi connectivity index (χ0v) is 13.2. The molecule has 16 heavy (non-hydrogen) atoms. The molecule has 2 atom stereocenters. The third-order valence-electron chi connectivity index (χ3n) is 3.18. The Labute approximate surface area is 117 Å². The molecule has 1 aliphatic rings. The van der Waals surface area contributed by atoms with Gasteiger partial charge in [0.1, 0.15) is 0 Å². The molecule has 90 valence electrons. The lowest BCUT2D eigenvalue weighted by Crippen LogP contribution is -2.26. The number of thiophene rings is 1. The van der Waals surface area contributed by atoms with E-state index in [-0.39, 0.29) is 0 Å². The average molecular weight is 368 g/mol. The summed E-state index contributed by atoms with van der Waals surface area (Å²) in [4.78, 5) is 3.94. The first-order valence-corrected chi connectivity index (χ1v) is 7.88. The van der Waals surface area contributed by atoms with E-state index in [9.17, 15) is 0 Å². The molecule has 0 radical (unpaired) electrons. The predicted molar refractivity (Wildman–Crippen MR) is 76.8 cm³/mol. The van der Waals surface area contributed by atoms with Crippen molar-refractivity contribution in [2.45, 2.75) is 25.9 Å². The number of rotatable bonds is 3. The van der Waals surface area contributed by atoms with Crippen molar-refractivity contribution in [2.24, 2.45) is 11.7 Å². The molecule has 0 bridgehead atoms. The maximum Gasteiger partial charge on any atom is 0.0843 e. The summed E-state index contributed by atoms with van der Waals surface area (Å²) in [6, 6.07) is 2.87. The van der Waals surface area contributed by atoms with E-state index in [0.717, 1.165) is 24.1 Å². The summed E-state index contributed by atoms with van der Waals surface area (Å²) in [5.41, 5.74) is 5.74.